The highest BCUT2D eigenvalue weighted by Crippen LogP contribution is 2.20. The number of amides is 1. The summed E-state index contributed by atoms with van der Waals surface area (Å²) in [5, 5.41) is 12.0. The van der Waals surface area contributed by atoms with Crippen LogP contribution in [-0.2, 0) is 6.42 Å². The van der Waals surface area contributed by atoms with Crippen LogP contribution in [0.2, 0.25) is 0 Å². The van der Waals surface area contributed by atoms with Crippen LogP contribution < -0.4 is 5.32 Å². The third-order valence-corrected chi connectivity index (χ3v) is 4.60. The maximum absolute atomic E-state index is 12.8. The Balaban J connectivity index is 1.63. The number of hydrogen-bond donors (Lipinski definition) is 2. The SMILES string of the molecule is N#Cc1ccc(C(=O)N[C@@H](Cc2ccccc2)c2nc3ccccc3[nH]2)cc1. The quantitative estimate of drug-likeness (QED) is 0.557. The molecule has 3 aromatic carbocycles. The predicted octanol–water partition coefficient (Wildman–Crippen LogP) is 4.15. The predicted molar refractivity (Wildman–Crippen MR) is 108 cm³/mol. The van der Waals surface area contributed by atoms with E-state index in [1.807, 2.05) is 54.6 Å². The number of imidazole rings is 1. The fourth-order valence-electron chi connectivity index (χ4n) is 3.14. The first-order valence-corrected chi connectivity index (χ1v) is 9.02. The third-order valence-electron chi connectivity index (χ3n) is 4.60. The molecule has 5 heteroatoms. The molecule has 1 atom stereocenters. The second kappa shape index (κ2) is 7.77. The Morgan fingerprint density at radius 2 is 1.71 bits per heavy atom. The van der Waals surface area contributed by atoms with Gasteiger partial charge in [0, 0.05) is 5.56 Å². The lowest BCUT2D eigenvalue weighted by molar-refractivity contribution is 0.0935. The highest BCUT2D eigenvalue weighted by Gasteiger charge is 2.20. The number of fused-ring (bicyclic) bond motifs is 1. The molecule has 28 heavy (non-hydrogen) atoms. The summed E-state index contributed by atoms with van der Waals surface area (Å²) in [4.78, 5) is 20.8. The van der Waals surface area contributed by atoms with Gasteiger partial charge in [0.15, 0.2) is 0 Å². The first kappa shape index (κ1) is 17.5. The molecule has 1 heterocycles. The average molecular weight is 366 g/mol. The molecule has 0 aliphatic carbocycles. The molecule has 2 N–H and O–H groups in total. The number of nitrogens with one attached hydrogen (secondary N) is 2. The van der Waals surface area contributed by atoms with E-state index in [2.05, 4.69) is 21.4 Å². The molecule has 136 valence electrons. The van der Waals surface area contributed by atoms with Crippen LogP contribution >= 0.6 is 0 Å². The largest absolute Gasteiger partial charge is 0.342 e. The molecule has 0 fully saturated rings. The number of hydrogen-bond acceptors (Lipinski definition) is 3. The van der Waals surface area contributed by atoms with Gasteiger partial charge >= 0.3 is 0 Å². The fourth-order valence-corrected chi connectivity index (χ4v) is 3.14. The maximum Gasteiger partial charge on any atom is 0.251 e. The van der Waals surface area contributed by atoms with Gasteiger partial charge in [-0.1, -0.05) is 42.5 Å². The lowest BCUT2D eigenvalue weighted by Crippen LogP contribution is -2.30. The zero-order chi connectivity index (χ0) is 19.3. The van der Waals surface area contributed by atoms with Gasteiger partial charge in [0.05, 0.1) is 28.7 Å². The molecule has 0 unspecified atom stereocenters. The average Bonchev–Trinajstić information content (AvgIpc) is 3.18. The molecule has 5 nitrogen and oxygen atoms in total. The van der Waals surface area contributed by atoms with Crippen LogP contribution in [0, 0.1) is 11.3 Å². The zero-order valence-corrected chi connectivity index (χ0v) is 15.1. The van der Waals surface area contributed by atoms with E-state index in [0.29, 0.717) is 23.4 Å². The molecular weight excluding hydrogens is 348 g/mol. The molecule has 4 aromatic rings. The van der Waals surface area contributed by atoms with Crippen LogP contribution in [0.25, 0.3) is 11.0 Å². The lowest BCUT2D eigenvalue weighted by atomic mass is 10.0. The number of nitrogens with zero attached hydrogens (tertiary/aromatic N) is 2. The summed E-state index contributed by atoms with van der Waals surface area (Å²) in [5.74, 6) is 0.512. The topological polar surface area (TPSA) is 81.6 Å². The molecule has 0 bridgehead atoms. The van der Waals surface area contributed by atoms with Crippen molar-refractivity contribution in [2.24, 2.45) is 0 Å². The minimum absolute atomic E-state index is 0.203. The number of aromatic nitrogens is 2. The summed E-state index contributed by atoms with van der Waals surface area (Å²) < 4.78 is 0. The molecule has 0 aliphatic rings. The van der Waals surface area contributed by atoms with Gasteiger partial charge < -0.3 is 10.3 Å². The minimum atomic E-state index is -0.307. The van der Waals surface area contributed by atoms with Gasteiger partial charge in [0.2, 0.25) is 0 Å². The Morgan fingerprint density at radius 1 is 1.00 bits per heavy atom. The summed E-state index contributed by atoms with van der Waals surface area (Å²) in [6.45, 7) is 0. The van der Waals surface area contributed by atoms with Gasteiger partial charge in [-0.15, -0.1) is 0 Å². The number of nitriles is 1. The normalized spacial score (nSPS) is 11.7. The number of rotatable bonds is 5. The molecule has 0 saturated heterocycles. The van der Waals surface area contributed by atoms with Crippen molar-refractivity contribution in [1.29, 1.82) is 5.26 Å². The number of benzene rings is 3. The van der Waals surface area contributed by atoms with E-state index < -0.39 is 0 Å². The van der Waals surface area contributed by atoms with Crippen LogP contribution in [0.5, 0.6) is 0 Å². The Kier molecular flexibility index (Phi) is 4.85. The van der Waals surface area contributed by atoms with Gasteiger partial charge in [-0.2, -0.15) is 5.26 Å². The summed E-state index contributed by atoms with van der Waals surface area (Å²) in [6.07, 6.45) is 0.614. The summed E-state index contributed by atoms with van der Waals surface area (Å²) in [7, 11) is 0. The molecule has 0 aliphatic heterocycles. The van der Waals surface area contributed by atoms with E-state index in [0.717, 1.165) is 16.6 Å². The van der Waals surface area contributed by atoms with Gasteiger partial charge in [0.1, 0.15) is 5.82 Å². The van der Waals surface area contributed by atoms with Crippen molar-refractivity contribution in [3.05, 3.63) is 101 Å². The first-order chi connectivity index (χ1) is 13.7. The number of aromatic amines is 1. The van der Waals surface area contributed by atoms with Gasteiger partial charge in [-0.25, -0.2) is 4.98 Å². The van der Waals surface area contributed by atoms with Crippen molar-refractivity contribution < 1.29 is 4.79 Å². The van der Waals surface area contributed by atoms with E-state index in [4.69, 9.17) is 5.26 Å². The highest BCUT2D eigenvalue weighted by molar-refractivity contribution is 5.94. The monoisotopic (exact) mass is 366 g/mol. The van der Waals surface area contributed by atoms with Crippen molar-refractivity contribution in [2.75, 3.05) is 0 Å². The third kappa shape index (κ3) is 3.76. The molecule has 4 rings (SSSR count). The van der Waals surface area contributed by atoms with Crippen molar-refractivity contribution in [1.82, 2.24) is 15.3 Å². The molecule has 0 saturated carbocycles. The second-order valence-corrected chi connectivity index (χ2v) is 6.54. The van der Waals surface area contributed by atoms with Crippen LogP contribution in [0.1, 0.15) is 33.4 Å². The minimum Gasteiger partial charge on any atom is -0.342 e. The number of para-hydroxylation sites is 2. The van der Waals surface area contributed by atoms with E-state index >= 15 is 0 Å². The van der Waals surface area contributed by atoms with Crippen molar-refractivity contribution in [3.8, 4) is 6.07 Å². The smallest absolute Gasteiger partial charge is 0.251 e. The lowest BCUT2D eigenvalue weighted by Gasteiger charge is -2.17. The molecule has 1 amide bonds. The molecule has 0 spiro atoms. The van der Waals surface area contributed by atoms with Crippen LogP contribution in [0.4, 0.5) is 0 Å². The molecule has 0 radical (unpaired) electrons. The van der Waals surface area contributed by atoms with Crippen molar-refractivity contribution >= 4 is 16.9 Å². The van der Waals surface area contributed by atoms with Gasteiger partial charge in [0.25, 0.3) is 5.91 Å². The Hall–Kier alpha value is -3.91. The summed E-state index contributed by atoms with van der Waals surface area (Å²) >= 11 is 0. The van der Waals surface area contributed by atoms with Crippen LogP contribution in [0.3, 0.4) is 0 Å². The highest BCUT2D eigenvalue weighted by atomic mass is 16.1. The Bertz CT molecular complexity index is 1110. The molecule has 1 aromatic heterocycles. The van der Waals surface area contributed by atoms with Gasteiger partial charge in [-0.05, 0) is 48.4 Å². The number of carbonyl (C=O) groups excluding carboxylic acids is 1. The van der Waals surface area contributed by atoms with Crippen molar-refractivity contribution in [2.45, 2.75) is 12.5 Å². The van der Waals surface area contributed by atoms with Crippen molar-refractivity contribution in [3.63, 3.8) is 0 Å². The standard InChI is InChI=1S/C23H18N4O/c24-15-17-10-12-18(13-11-17)23(28)27-21(14-16-6-2-1-3-7-16)22-25-19-8-4-5-9-20(19)26-22/h1-13,21H,14H2,(H,25,26)(H,27,28)/t21-/m0/s1. The van der Waals surface area contributed by atoms with Crippen LogP contribution in [0.15, 0.2) is 78.9 Å². The van der Waals surface area contributed by atoms with Gasteiger partial charge in [-0.3, -0.25) is 4.79 Å². The summed E-state index contributed by atoms with van der Waals surface area (Å²) in [5.41, 5.74) is 3.93. The zero-order valence-electron chi connectivity index (χ0n) is 15.1. The Labute approximate surface area is 162 Å². The van der Waals surface area contributed by atoms with E-state index in [9.17, 15) is 4.79 Å². The van der Waals surface area contributed by atoms with Crippen LogP contribution in [-0.4, -0.2) is 15.9 Å². The fraction of sp³-hybridized carbons (Fsp3) is 0.0870. The second-order valence-electron chi connectivity index (χ2n) is 6.54. The first-order valence-electron chi connectivity index (χ1n) is 9.02. The van der Waals surface area contributed by atoms with E-state index in [1.165, 1.54) is 0 Å². The maximum atomic E-state index is 12.8. The van der Waals surface area contributed by atoms with E-state index in [-0.39, 0.29) is 11.9 Å². The van der Waals surface area contributed by atoms with E-state index in [1.54, 1.807) is 24.3 Å². The molecular formula is C23H18N4O. The Morgan fingerprint density at radius 3 is 2.43 bits per heavy atom. The summed E-state index contributed by atoms with van der Waals surface area (Å²) in [6, 6.07) is 26.1. The number of carbonyl (C=O) groups is 1. The number of H-pyrrole nitrogens is 1.